The molecule has 0 bridgehead atoms. The molecule has 30 heavy (non-hydrogen) atoms. The molecule has 1 saturated heterocycles. The zero-order valence-electron chi connectivity index (χ0n) is 16.1. The summed E-state index contributed by atoms with van der Waals surface area (Å²) in [4.78, 5) is 14.1. The van der Waals surface area contributed by atoms with Crippen LogP contribution in [0.25, 0.3) is 0 Å². The summed E-state index contributed by atoms with van der Waals surface area (Å²) in [5.41, 5.74) is 0.542. The van der Waals surface area contributed by atoms with Crippen molar-refractivity contribution in [2.45, 2.75) is 4.90 Å². The van der Waals surface area contributed by atoms with Crippen molar-refractivity contribution in [1.82, 2.24) is 9.21 Å². The first kappa shape index (κ1) is 22.8. The molecule has 0 aliphatic carbocycles. The summed E-state index contributed by atoms with van der Waals surface area (Å²) in [6.45, 7) is 1.29. The maximum Gasteiger partial charge on any atom is 0.243 e. The predicted molar refractivity (Wildman–Crippen MR) is 113 cm³/mol. The molecule has 1 aliphatic rings. The van der Waals surface area contributed by atoms with E-state index in [4.69, 9.17) is 27.9 Å². The standard InChI is InChI=1S/C19H20Cl2FN3O4S/c1-29-18-5-2-13(10-16(18)21)23-19(26)12-24-6-8-25(9-7-24)30(27,28)14-3-4-17(22)15(20)11-14/h2-5,10-11H,6-9,12H2,1H3,(H,23,26). The summed E-state index contributed by atoms with van der Waals surface area (Å²) in [7, 11) is -2.28. The monoisotopic (exact) mass is 475 g/mol. The normalized spacial score (nSPS) is 15.7. The summed E-state index contributed by atoms with van der Waals surface area (Å²) in [5, 5.41) is 2.90. The molecule has 0 unspecified atom stereocenters. The average Bonchev–Trinajstić information content (AvgIpc) is 2.70. The van der Waals surface area contributed by atoms with Gasteiger partial charge in [0.2, 0.25) is 15.9 Å². The number of sulfonamides is 1. The number of carbonyl (C=O) groups excluding carboxylic acids is 1. The number of carbonyl (C=O) groups is 1. The largest absolute Gasteiger partial charge is 0.495 e. The van der Waals surface area contributed by atoms with Gasteiger partial charge in [0.1, 0.15) is 11.6 Å². The molecule has 1 N–H and O–H groups in total. The van der Waals surface area contributed by atoms with E-state index in [0.717, 1.165) is 12.1 Å². The van der Waals surface area contributed by atoms with Crippen LogP contribution in [0.5, 0.6) is 5.75 Å². The quantitative estimate of drug-likeness (QED) is 0.694. The molecule has 1 heterocycles. The molecule has 162 valence electrons. The highest BCUT2D eigenvalue weighted by atomic mass is 35.5. The fourth-order valence-corrected chi connectivity index (χ4v) is 5.01. The minimum atomic E-state index is -3.78. The molecule has 0 saturated carbocycles. The number of hydrogen-bond acceptors (Lipinski definition) is 5. The highest BCUT2D eigenvalue weighted by Crippen LogP contribution is 2.27. The average molecular weight is 476 g/mol. The summed E-state index contributed by atoms with van der Waals surface area (Å²) in [6, 6.07) is 8.25. The topological polar surface area (TPSA) is 79.0 Å². The number of rotatable bonds is 6. The molecule has 11 heteroatoms. The van der Waals surface area contributed by atoms with Gasteiger partial charge in [0.15, 0.2) is 0 Å². The summed E-state index contributed by atoms with van der Waals surface area (Å²) in [6.07, 6.45) is 0. The number of halogens is 3. The van der Waals surface area contributed by atoms with Gasteiger partial charge in [0.05, 0.1) is 28.6 Å². The molecular weight excluding hydrogens is 456 g/mol. The Morgan fingerprint density at radius 2 is 1.80 bits per heavy atom. The Morgan fingerprint density at radius 3 is 2.40 bits per heavy atom. The van der Waals surface area contributed by atoms with Crippen LogP contribution in [0.15, 0.2) is 41.3 Å². The lowest BCUT2D eigenvalue weighted by molar-refractivity contribution is -0.117. The molecular formula is C19H20Cl2FN3O4S. The van der Waals surface area contributed by atoms with Gasteiger partial charge < -0.3 is 10.1 Å². The van der Waals surface area contributed by atoms with Gasteiger partial charge in [-0.05, 0) is 36.4 Å². The molecule has 2 aromatic rings. The molecule has 3 rings (SSSR count). The number of anilines is 1. The third-order valence-electron chi connectivity index (χ3n) is 4.66. The molecule has 0 atom stereocenters. The highest BCUT2D eigenvalue weighted by Gasteiger charge is 2.29. The minimum absolute atomic E-state index is 0.0588. The van der Waals surface area contributed by atoms with Gasteiger partial charge in [-0.1, -0.05) is 23.2 Å². The lowest BCUT2D eigenvalue weighted by Gasteiger charge is -2.33. The second kappa shape index (κ2) is 9.49. The van der Waals surface area contributed by atoms with Gasteiger partial charge in [0, 0.05) is 31.9 Å². The number of nitrogens with one attached hydrogen (secondary N) is 1. The lowest BCUT2D eigenvalue weighted by atomic mass is 10.3. The van der Waals surface area contributed by atoms with E-state index in [2.05, 4.69) is 5.32 Å². The minimum Gasteiger partial charge on any atom is -0.495 e. The van der Waals surface area contributed by atoms with Gasteiger partial charge in [-0.3, -0.25) is 9.69 Å². The van der Waals surface area contributed by atoms with Gasteiger partial charge in [-0.25, -0.2) is 12.8 Å². The van der Waals surface area contributed by atoms with Crippen molar-refractivity contribution in [2.75, 3.05) is 45.2 Å². The van der Waals surface area contributed by atoms with Crippen LogP contribution in [0.1, 0.15) is 0 Å². The Hall–Kier alpha value is -1.91. The highest BCUT2D eigenvalue weighted by molar-refractivity contribution is 7.89. The van der Waals surface area contributed by atoms with E-state index in [1.165, 1.54) is 17.5 Å². The number of benzene rings is 2. The second-order valence-electron chi connectivity index (χ2n) is 6.65. The van der Waals surface area contributed by atoms with Crippen molar-refractivity contribution < 1.29 is 22.3 Å². The summed E-state index contributed by atoms with van der Waals surface area (Å²) >= 11 is 11.8. The van der Waals surface area contributed by atoms with E-state index in [-0.39, 0.29) is 35.5 Å². The lowest BCUT2D eigenvalue weighted by Crippen LogP contribution is -2.50. The summed E-state index contributed by atoms with van der Waals surface area (Å²) < 4.78 is 45.2. The van der Waals surface area contributed by atoms with Crippen LogP contribution in [0.3, 0.4) is 0 Å². The SMILES string of the molecule is COc1ccc(NC(=O)CN2CCN(S(=O)(=O)c3ccc(F)c(Cl)c3)CC2)cc1Cl. The van der Waals surface area contributed by atoms with E-state index < -0.39 is 15.8 Å². The Bertz CT molecular complexity index is 1040. The zero-order chi connectivity index (χ0) is 21.9. The molecule has 0 spiro atoms. The smallest absolute Gasteiger partial charge is 0.243 e. The van der Waals surface area contributed by atoms with Crippen LogP contribution < -0.4 is 10.1 Å². The maximum atomic E-state index is 13.3. The van der Waals surface area contributed by atoms with Gasteiger partial charge in [0.25, 0.3) is 0 Å². The molecule has 7 nitrogen and oxygen atoms in total. The number of amides is 1. The van der Waals surface area contributed by atoms with Crippen LogP contribution in [-0.4, -0.2) is 63.4 Å². The van der Waals surface area contributed by atoms with Crippen molar-refractivity contribution in [3.63, 3.8) is 0 Å². The number of ether oxygens (including phenoxy) is 1. The van der Waals surface area contributed by atoms with Crippen molar-refractivity contribution in [3.05, 3.63) is 52.3 Å². The number of methoxy groups -OCH3 is 1. The van der Waals surface area contributed by atoms with Crippen LogP contribution in [0, 0.1) is 5.82 Å². The van der Waals surface area contributed by atoms with Crippen LogP contribution in [-0.2, 0) is 14.8 Å². The van der Waals surface area contributed by atoms with Crippen molar-refractivity contribution >= 4 is 44.8 Å². The first-order chi connectivity index (χ1) is 14.2. The van der Waals surface area contributed by atoms with Crippen molar-refractivity contribution in [3.8, 4) is 5.75 Å². The maximum absolute atomic E-state index is 13.3. The first-order valence-corrected chi connectivity index (χ1v) is 11.2. The molecule has 1 amide bonds. The number of piperazine rings is 1. The third kappa shape index (κ3) is 5.22. The molecule has 1 aliphatic heterocycles. The third-order valence-corrected chi connectivity index (χ3v) is 7.14. The van der Waals surface area contributed by atoms with Crippen molar-refractivity contribution in [2.24, 2.45) is 0 Å². The van der Waals surface area contributed by atoms with E-state index in [0.29, 0.717) is 29.5 Å². The molecule has 2 aromatic carbocycles. The van der Waals surface area contributed by atoms with E-state index in [1.54, 1.807) is 18.2 Å². The number of nitrogens with zero attached hydrogens (tertiary/aromatic N) is 2. The van der Waals surface area contributed by atoms with Crippen molar-refractivity contribution in [1.29, 1.82) is 0 Å². The van der Waals surface area contributed by atoms with Crippen LogP contribution in [0.2, 0.25) is 10.0 Å². The van der Waals surface area contributed by atoms with Crippen LogP contribution >= 0.6 is 23.2 Å². The first-order valence-electron chi connectivity index (χ1n) is 9.01. The predicted octanol–water partition coefficient (Wildman–Crippen LogP) is 3.09. The second-order valence-corrected chi connectivity index (χ2v) is 9.41. The fraction of sp³-hybridized carbons (Fsp3) is 0.316. The molecule has 0 radical (unpaired) electrons. The van der Waals surface area contributed by atoms with E-state index >= 15 is 0 Å². The van der Waals surface area contributed by atoms with Gasteiger partial charge >= 0.3 is 0 Å². The summed E-state index contributed by atoms with van der Waals surface area (Å²) in [5.74, 6) is -0.406. The zero-order valence-corrected chi connectivity index (χ0v) is 18.4. The van der Waals surface area contributed by atoms with E-state index in [9.17, 15) is 17.6 Å². The Labute approximate surface area is 184 Å². The number of hydrogen-bond donors (Lipinski definition) is 1. The van der Waals surface area contributed by atoms with Crippen LogP contribution in [0.4, 0.5) is 10.1 Å². The Balaban J connectivity index is 1.55. The van der Waals surface area contributed by atoms with Gasteiger partial charge in [-0.15, -0.1) is 0 Å². The Morgan fingerprint density at radius 1 is 1.10 bits per heavy atom. The molecule has 1 fully saturated rings. The van der Waals surface area contributed by atoms with E-state index in [1.807, 2.05) is 4.90 Å². The van der Waals surface area contributed by atoms with Gasteiger partial charge in [-0.2, -0.15) is 4.31 Å². The fourth-order valence-electron chi connectivity index (χ4n) is 3.06. The molecule has 0 aromatic heterocycles. The Kier molecular flexibility index (Phi) is 7.20.